The first kappa shape index (κ1) is 15.0. The molecule has 2 N–H and O–H groups in total. The molecule has 1 aliphatic heterocycles. The number of hydrogen-bond acceptors (Lipinski definition) is 3. The van der Waals surface area contributed by atoms with E-state index in [4.69, 9.17) is 9.84 Å². The molecule has 1 amide bonds. The van der Waals surface area contributed by atoms with Gasteiger partial charge in [-0.15, -0.1) is 0 Å². The number of carboxylic acids is 1. The Labute approximate surface area is 129 Å². The molecule has 0 radical (unpaired) electrons. The van der Waals surface area contributed by atoms with Crippen LogP contribution in [0.4, 0.5) is 0 Å². The molecule has 22 heavy (non-hydrogen) atoms. The van der Waals surface area contributed by atoms with E-state index in [0.29, 0.717) is 18.1 Å². The summed E-state index contributed by atoms with van der Waals surface area (Å²) in [6.45, 7) is 0.692. The maximum absolute atomic E-state index is 12.2. The van der Waals surface area contributed by atoms with Gasteiger partial charge in [0.15, 0.2) is 0 Å². The maximum atomic E-state index is 12.2. The standard InChI is InChI=1S/C17H21NO4/c19-16(9-12-3-1-2-4-14(12)17(20)21)18-13-7-8-22-15(10-13)11-5-6-11/h1-4,11,13,15H,5-10H2,(H,18,19)(H,20,21). The van der Waals surface area contributed by atoms with Crippen molar-refractivity contribution in [3.63, 3.8) is 0 Å². The fourth-order valence-corrected chi connectivity index (χ4v) is 3.09. The van der Waals surface area contributed by atoms with Gasteiger partial charge >= 0.3 is 5.97 Å². The number of benzene rings is 1. The van der Waals surface area contributed by atoms with E-state index < -0.39 is 5.97 Å². The van der Waals surface area contributed by atoms with E-state index in [-0.39, 0.29) is 30.0 Å². The molecule has 1 heterocycles. The van der Waals surface area contributed by atoms with Crippen LogP contribution in [-0.4, -0.2) is 35.7 Å². The van der Waals surface area contributed by atoms with Crippen molar-refractivity contribution in [1.82, 2.24) is 5.32 Å². The molecule has 2 fully saturated rings. The van der Waals surface area contributed by atoms with Crippen LogP contribution in [0.5, 0.6) is 0 Å². The van der Waals surface area contributed by atoms with Gasteiger partial charge in [0.1, 0.15) is 0 Å². The number of ether oxygens (including phenoxy) is 1. The summed E-state index contributed by atoms with van der Waals surface area (Å²) in [6, 6.07) is 6.79. The van der Waals surface area contributed by atoms with Crippen molar-refractivity contribution in [1.29, 1.82) is 0 Å². The Morgan fingerprint density at radius 1 is 1.23 bits per heavy atom. The third kappa shape index (κ3) is 3.65. The highest BCUT2D eigenvalue weighted by Gasteiger charge is 2.36. The molecule has 2 atom stereocenters. The predicted molar refractivity (Wildman–Crippen MR) is 80.7 cm³/mol. The monoisotopic (exact) mass is 303 g/mol. The highest BCUT2D eigenvalue weighted by atomic mass is 16.5. The maximum Gasteiger partial charge on any atom is 0.335 e. The molecular formula is C17H21NO4. The molecular weight excluding hydrogens is 282 g/mol. The van der Waals surface area contributed by atoms with Gasteiger partial charge in [0, 0.05) is 12.6 Å². The minimum atomic E-state index is -0.997. The van der Waals surface area contributed by atoms with Crippen LogP contribution in [0.2, 0.25) is 0 Å². The third-order valence-electron chi connectivity index (χ3n) is 4.43. The molecule has 2 unspecified atom stereocenters. The van der Waals surface area contributed by atoms with E-state index in [9.17, 15) is 9.59 Å². The molecule has 5 nitrogen and oxygen atoms in total. The SMILES string of the molecule is O=C(Cc1ccccc1C(=O)O)NC1CCOC(C2CC2)C1. The molecule has 2 aliphatic rings. The summed E-state index contributed by atoms with van der Waals surface area (Å²) < 4.78 is 5.75. The van der Waals surface area contributed by atoms with Crippen molar-refractivity contribution in [2.75, 3.05) is 6.61 Å². The molecule has 3 rings (SSSR count). The number of aromatic carboxylic acids is 1. The number of nitrogens with one attached hydrogen (secondary N) is 1. The first-order chi connectivity index (χ1) is 10.6. The Morgan fingerprint density at radius 3 is 2.73 bits per heavy atom. The van der Waals surface area contributed by atoms with Gasteiger partial charge in [-0.3, -0.25) is 4.79 Å². The van der Waals surface area contributed by atoms with Gasteiger partial charge in [-0.25, -0.2) is 4.79 Å². The number of carboxylic acid groups (broad SMARTS) is 1. The Kier molecular flexibility index (Phi) is 4.43. The molecule has 5 heteroatoms. The van der Waals surface area contributed by atoms with Crippen molar-refractivity contribution < 1.29 is 19.4 Å². The number of hydrogen-bond donors (Lipinski definition) is 2. The minimum Gasteiger partial charge on any atom is -0.478 e. The Morgan fingerprint density at radius 2 is 2.00 bits per heavy atom. The zero-order valence-corrected chi connectivity index (χ0v) is 12.5. The summed E-state index contributed by atoms with van der Waals surface area (Å²) in [4.78, 5) is 23.4. The van der Waals surface area contributed by atoms with Gasteiger partial charge in [0.05, 0.1) is 18.1 Å². The molecule has 1 aromatic rings. The van der Waals surface area contributed by atoms with Gasteiger partial charge in [-0.2, -0.15) is 0 Å². The van der Waals surface area contributed by atoms with Crippen LogP contribution in [0, 0.1) is 5.92 Å². The first-order valence-electron chi connectivity index (χ1n) is 7.85. The summed E-state index contributed by atoms with van der Waals surface area (Å²) in [6.07, 6.45) is 4.56. The molecule has 1 saturated carbocycles. The molecule has 0 bridgehead atoms. The average molecular weight is 303 g/mol. The quantitative estimate of drug-likeness (QED) is 0.872. The normalized spacial score (nSPS) is 24.7. The molecule has 118 valence electrons. The fourth-order valence-electron chi connectivity index (χ4n) is 3.09. The van der Waals surface area contributed by atoms with E-state index in [1.54, 1.807) is 18.2 Å². The Hall–Kier alpha value is -1.88. The highest BCUT2D eigenvalue weighted by molar-refractivity contribution is 5.91. The van der Waals surface area contributed by atoms with Gasteiger partial charge in [-0.1, -0.05) is 18.2 Å². The van der Waals surface area contributed by atoms with Crippen molar-refractivity contribution >= 4 is 11.9 Å². The Balaban J connectivity index is 1.57. The van der Waals surface area contributed by atoms with Crippen LogP contribution in [0.15, 0.2) is 24.3 Å². The van der Waals surface area contributed by atoms with Crippen LogP contribution in [0.25, 0.3) is 0 Å². The van der Waals surface area contributed by atoms with Crippen molar-refractivity contribution in [2.45, 2.75) is 44.2 Å². The molecule has 1 aliphatic carbocycles. The lowest BCUT2D eigenvalue weighted by Crippen LogP contribution is -2.43. The zero-order valence-electron chi connectivity index (χ0n) is 12.5. The second-order valence-corrected chi connectivity index (χ2v) is 6.17. The van der Waals surface area contributed by atoms with Gasteiger partial charge in [-0.05, 0) is 43.2 Å². The Bertz CT molecular complexity index is 568. The van der Waals surface area contributed by atoms with Crippen LogP contribution in [0.1, 0.15) is 41.6 Å². The van der Waals surface area contributed by atoms with Crippen molar-refractivity contribution in [3.8, 4) is 0 Å². The zero-order chi connectivity index (χ0) is 15.5. The molecule has 1 aromatic carbocycles. The van der Waals surface area contributed by atoms with Crippen LogP contribution >= 0.6 is 0 Å². The van der Waals surface area contributed by atoms with Crippen molar-refractivity contribution in [2.24, 2.45) is 5.92 Å². The smallest absolute Gasteiger partial charge is 0.335 e. The second kappa shape index (κ2) is 6.48. The summed E-state index contributed by atoms with van der Waals surface area (Å²) >= 11 is 0. The lowest BCUT2D eigenvalue weighted by atomic mass is 9.99. The van der Waals surface area contributed by atoms with Crippen LogP contribution in [-0.2, 0) is 16.0 Å². The predicted octanol–water partition coefficient (Wildman–Crippen LogP) is 2.00. The highest BCUT2D eigenvalue weighted by Crippen LogP contribution is 2.38. The third-order valence-corrected chi connectivity index (χ3v) is 4.43. The van der Waals surface area contributed by atoms with E-state index in [0.717, 1.165) is 12.8 Å². The van der Waals surface area contributed by atoms with Crippen LogP contribution < -0.4 is 5.32 Å². The van der Waals surface area contributed by atoms with Gasteiger partial charge < -0.3 is 15.2 Å². The summed E-state index contributed by atoms with van der Waals surface area (Å²) in [5, 5.41) is 12.2. The molecule has 0 aromatic heterocycles. The number of rotatable bonds is 5. The van der Waals surface area contributed by atoms with E-state index in [1.807, 2.05) is 0 Å². The summed E-state index contributed by atoms with van der Waals surface area (Å²) in [7, 11) is 0. The minimum absolute atomic E-state index is 0.105. The molecule has 1 saturated heterocycles. The van der Waals surface area contributed by atoms with Crippen LogP contribution in [0.3, 0.4) is 0 Å². The number of carbonyl (C=O) groups is 2. The lowest BCUT2D eigenvalue weighted by molar-refractivity contribution is -0.122. The number of carbonyl (C=O) groups excluding carboxylic acids is 1. The summed E-state index contributed by atoms with van der Waals surface area (Å²) in [5.74, 6) is -0.439. The first-order valence-corrected chi connectivity index (χ1v) is 7.85. The number of amides is 1. The van der Waals surface area contributed by atoms with E-state index >= 15 is 0 Å². The largest absolute Gasteiger partial charge is 0.478 e. The van der Waals surface area contributed by atoms with Crippen molar-refractivity contribution in [3.05, 3.63) is 35.4 Å². The van der Waals surface area contributed by atoms with E-state index in [2.05, 4.69) is 5.32 Å². The summed E-state index contributed by atoms with van der Waals surface area (Å²) in [5.41, 5.74) is 0.749. The fraction of sp³-hybridized carbons (Fsp3) is 0.529. The topological polar surface area (TPSA) is 75.6 Å². The second-order valence-electron chi connectivity index (χ2n) is 6.17. The van der Waals surface area contributed by atoms with E-state index in [1.165, 1.54) is 18.9 Å². The lowest BCUT2D eigenvalue weighted by Gasteiger charge is -2.30. The van der Waals surface area contributed by atoms with Gasteiger partial charge in [0.2, 0.25) is 5.91 Å². The molecule has 0 spiro atoms. The average Bonchev–Trinajstić information content (AvgIpc) is 3.32. The van der Waals surface area contributed by atoms with Gasteiger partial charge in [0.25, 0.3) is 0 Å².